The number of hydrogen-bond acceptors (Lipinski definition) is 5. The number of anilines is 1. The fourth-order valence-electron chi connectivity index (χ4n) is 1.87. The van der Waals surface area contributed by atoms with E-state index in [-0.39, 0.29) is 16.3 Å². The quantitative estimate of drug-likeness (QED) is 0.789. The Morgan fingerprint density at radius 1 is 1.59 bits per heavy atom. The molecule has 0 N–H and O–H groups in total. The number of carbonyl (C=O) groups is 2. The van der Waals surface area contributed by atoms with Gasteiger partial charge in [0.1, 0.15) is 6.33 Å². The van der Waals surface area contributed by atoms with Crippen molar-refractivity contribution in [2.24, 2.45) is 0 Å². The van der Waals surface area contributed by atoms with E-state index < -0.39 is 0 Å². The summed E-state index contributed by atoms with van der Waals surface area (Å²) in [5.74, 6) is 0.0293. The lowest BCUT2D eigenvalue weighted by atomic mass is 10.3. The molecule has 0 saturated carbocycles. The molecule has 0 aromatic carbocycles. The summed E-state index contributed by atoms with van der Waals surface area (Å²) >= 11 is 1.23. The van der Waals surface area contributed by atoms with Gasteiger partial charge in [-0.05, 0) is 6.92 Å². The average Bonchev–Trinajstić information content (AvgIpc) is 2.59. The number of aromatic nitrogens is 2. The Bertz CT molecular complexity index is 464. The Kier molecular flexibility index (Phi) is 3.42. The molecule has 0 bridgehead atoms. The Labute approximate surface area is 104 Å². The van der Waals surface area contributed by atoms with Crippen LogP contribution in [0, 0.1) is 6.92 Å². The second-order valence-electron chi connectivity index (χ2n) is 3.93. The molecule has 0 radical (unpaired) electrons. The van der Waals surface area contributed by atoms with Gasteiger partial charge >= 0.3 is 0 Å². The van der Waals surface area contributed by atoms with E-state index in [1.165, 1.54) is 25.0 Å². The minimum absolute atomic E-state index is 0.0293. The molecule has 1 aromatic heterocycles. The molecule has 1 aliphatic heterocycles. The summed E-state index contributed by atoms with van der Waals surface area (Å²) in [6.45, 7) is 3.92. The van der Waals surface area contributed by atoms with Crippen LogP contribution in [-0.4, -0.2) is 32.8 Å². The van der Waals surface area contributed by atoms with E-state index in [1.807, 2.05) is 6.92 Å². The van der Waals surface area contributed by atoms with Gasteiger partial charge in [0.25, 0.3) is 0 Å². The molecule has 0 aliphatic carbocycles. The normalized spacial score (nSPS) is 19.8. The smallest absolute Gasteiger partial charge is 0.228 e. The van der Waals surface area contributed by atoms with Gasteiger partial charge in [-0.2, -0.15) is 0 Å². The van der Waals surface area contributed by atoms with Crippen molar-refractivity contribution in [2.75, 3.05) is 11.4 Å². The van der Waals surface area contributed by atoms with Gasteiger partial charge in [-0.1, -0.05) is 11.8 Å². The standard InChI is InChI=1S/C11H13N3O2S/c1-7-10(4-12-6-13-7)14-5-9(3-11(14)16)17-8(2)15/h4,6,9H,3,5H2,1-2H3. The highest BCUT2D eigenvalue weighted by molar-refractivity contribution is 8.14. The predicted octanol–water partition coefficient (Wildman–Crippen LogP) is 1.17. The van der Waals surface area contributed by atoms with Crippen molar-refractivity contribution in [1.29, 1.82) is 0 Å². The monoisotopic (exact) mass is 251 g/mol. The number of amides is 1. The summed E-state index contributed by atoms with van der Waals surface area (Å²) in [5, 5.41) is 0.0882. The van der Waals surface area contributed by atoms with Gasteiger partial charge in [0.2, 0.25) is 5.91 Å². The molecule has 1 atom stereocenters. The van der Waals surface area contributed by atoms with E-state index in [2.05, 4.69) is 9.97 Å². The summed E-state index contributed by atoms with van der Waals surface area (Å²) in [7, 11) is 0. The van der Waals surface area contributed by atoms with Crippen LogP contribution in [0.15, 0.2) is 12.5 Å². The molecule has 1 aliphatic rings. The number of aryl methyl sites for hydroxylation is 1. The molecule has 1 aromatic rings. The Hall–Kier alpha value is -1.43. The topological polar surface area (TPSA) is 63.2 Å². The molecular weight excluding hydrogens is 238 g/mol. The molecular formula is C11H13N3O2S. The van der Waals surface area contributed by atoms with Crippen molar-refractivity contribution in [3.8, 4) is 0 Å². The Balaban J connectivity index is 2.16. The molecule has 2 rings (SSSR count). The molecule has 5 nitrogen and oxygen atoms in total. The average molecular weight is 251 g/mol. The highest BCUT2D eigenvalue weighted by Crippen LogP contribution is 2.29. The predicted molar refractivity (Wildman–Crippen MR) is 65.8 cm³/mol. The van der Waals surface area contributed by atoms with Crippen molar-refractivity contribution in [1.82, 2.24) is 9.97 Å². The SMILES string of the molecule is CC(=O)SC1CC(=O)N(c2cncnc2C)C1. The van der Waals surface area contributed by atoms with Crippen molar-refractivity contribution < 1.29 is 9.59 Å². The van der Waals surface area contributed by atoms with E-state index in [0.717, 1.165) is 11.4 Å². The fraction of sp³-hybridized carbons (Fsp3) is 0.455. The molecule has 1 saturated heterocycles. The van der Waals surface area contributed by atoms with Gasteiger partial charge in [-0.3, -0.25) is 9.59 Å². The second-order valence-corrected chi connectivity index (χ2v) is 5.41. The van der Waals surface area contributed by atoms with Crippen molar-refractivity contribution >= 4 is 28.5 Å². The first-order valence-electron chi connectivity index (χ1n) is 5.32. The Morgan fingerprint density at radius 3 is 3.00 bits per heavy atom. The van der Waals surface area contributed by atoms with Gasteiger partial charge in [-0.15, -0.1) is 0 Å². The maximum Gasteiger partial charge on any atom is 0.228 e. The van der Waals surface area contributed by atoms with E-state index in [4.69, 9.17) is 0 Å². The van der Waals surface area contributed by atoms with Crippen LogP contribution in [0.3, 0.4) is 0 Å². The third kappa shape index (κ3) is 2.63. The van der Waals surface area contributed by atoms with Gasteiger partial charge in [0.05, 0.1) is 17.6 Å². The minimum Gasteiger partial charge on any atom is -0.308 e. The molecule has 90 valence electrons. The first-order valence-corrected chi connectivity index (χ1v) is 6.20. The zero-order chi connectivity index (χ0) is 12.4. The highest BCUT2D eigenvalue weighted by Gasteiger charge is 2.32. The lowest BCUT2D eigenvalue weighted by molar-refractivity contribution is -0.117. The van der Waals surface area contributed by atoms with Crippen LogP contribution in [0.2, 0.25) is 0 Å². The lowest BCUT2D eigenvalue weighted by Crippen LogP contribution is -2.26. The summed E-state index contributed by atoms with van der Waals surface area (Å²) in [6.07, 6.45) is 3.50. The zero-order valence-electron chi connectivity index (χ0n) is 9.71. The summed E-state index contributed by atoms with van der Waals surface area (Å²) in [5.41, 5.74) is 1.52. The third-order valence-electron chi connectivity index (χ3n) is 2.60. The minimum atomic E-state index is 0.0293. The van der Waals surface area contributed by atoms with Gasteiger partial charge in [-0.25, -0.2) is 9.97 Å². The van der Waals surface area contributed by atoms with Crippen LogP contribution in [0.25, 0.3) is 0 Å². The van der Waals surface area contributed by atoms with Crippen LogP contribution >= 0.6 is 11.8 Å². The van der Waals surface area contributed by atoms with E-state index in [9.17, 15) is 9.59 Å². The zero-order valence-corrected chi connectivity index (χ0v) is 10.5. The van der Waals surface area contributed by atoms with E-state index in [1.54, 1.807) is 11.1 Å². The summed E-state index contributed by atoms with van der Waals surface area (Å²) in [6, 6.07) is 0. The van der Waals surface area contributed by atoms with Crippen molar-refractivity contribution in [2.45, 2.75) is 25.5 Å². The second kappa shape index (κ2) is 4.83. The van der Waals surface area contributed by atoms with E-state index in [0.29, 0.717) is 13.0 Å². The molecule has 0 spiro atoms. The molecule has 1 unspecified atom stereocenters. The van der Waals surface area contributed by atoms with Crippen LogP contribution < -0.4 is 4.90 Å². The van der Waals surface area contributed by atoms with Crippen LogP contribution in [0.4, 0.5) is 5.69 Å². The Morgan fingerprint density at radius 2 is 2.35 bits per heavy atom. The molecule has 1 amide bonds. The van der Waals surface area contributed by atoms with Crippen LogP contribution in [0.1, 0.15) is 19.0 Å². The molecule has 2 heterocycles. The van der Waals surface area contributed by atoms with Crippen LogP contribution in [0.5, 0.6) is 0 Å². The summed E-state index contributed by atoms with van der Waals surface area (Å²) < 4.78 is 0. The van der Waals surface area contributed by atoms with Crippen molar-refractivity contribution in [3.63, 3.8) is 0 Å². The van der Waals surface area contributed by atoms with Crippen LogP contribution in [-0.2, 0) is 9.59 Å². The number of thioether (sulfide) groups is 1. The molecule has 1 fully saturated rings. The van der Waals surface area contributed by atoms with E-state index >= 15 is 0 Å². The van der Waals surface area contributed by atoms with Gasteiger partial charge in [0.15, 0.2) is 5.12 Å². The number of rotatable bonds is 2. The molecule has 6 heteroatoms. The van der Waals surface area contributed by atoms with Crippen molar-refractivity contribution in [3.05, 3.63) is 18.2 Å². The lowest BCUT2D eigenvalue weighted by Gasteiger charge is -2.17. The molecule has 17 heavy (non-hydrogen) atoms. The maximum atomic E-state index is 11.9. The maximum absolute atomic E-state index is 11.9. The number of nitrogens with zero attached hydrogens (tertiary/aromatic N) is 3. The largest absolute Gasteiger partial charge is 0.308 e. The number of carbonyl (C=O) groups excluding carboxylic acids is 2. The summed E-state index contributed by atoms with van der Waals surface area (Å²) in [4.78, 5) is 32.5. The highest BCUT2D eigenvalue weighted by atomic mass is 32.2. The van der Waals surface area contributed by atoms with Gasteiger partial charge in [0, 0.05) is 25.1 Å². The first kappa shape index (κ1) is 12.0. The fourth-order valence-corrected chi connectivity index (χ4v) is 2.79. The first-order chi connectivity index (χ1) is 8.08. The third-order valence-corrected chi connectivity index (χ3v) is 3.58. The number of hydrogen-bond donors (Lipinski definition) is 0. The van der Waals surface area contributed by atoms with Gasteiger partial charge < -0.3 is 4.90 Å².